The van der Waals surface area contributed by atoms with E-state index in [0.717, 1.165) is 18.8 Å². The zero-order valence-electron chi connectivity index (χ0n) is 10.9. The number of rotatable bonds is 3. The molecule has 2 rings (SSSR count). The second-order valence-corrected chi connectivity index (χ2v) is 5.17. The third-order valence-corrected chi connectivity index (χ3v) is 3.81. The number of nitrogens with two attached hydrogens (primary N) is 1. The lowest BCUT2D eigenvalue weighted by molar-refractivity contribution is 0.0953. The number of ether oxygens (including phenoxy) is 1. The summed E-state index contributed by atoms with van der Waals surface area (Å²) in [6, 6.07) is 1.67. The van der Waals surface area contributed by atoms with Crippen LogP contribution in [-0.2, 0) is 0 Å². The summed E-state index contributed by atoms with van der Waals surface area (Å²) in [5.74, 6) is 1.76. The molecule has 1 heterocycles. The highest BCUT2D eigenvalue weighted by molar-refractivity contribution is 5.96. The fourth-order valence-corrected chi connectivity index (χ4v) is 2.37. The van der Waals surface area contributed by atoms with Crippen molar-refractivity contribution in [2.45, 2.75) is 39.2 Å². The van der Waals surface area contributed by atoms with Crippen molar-refractivity contribution in [1.82, 2.24) is 10.2 Å². The van der Waals surface area contributed by atoms with Crippen LogP contribution < -0.4 is 10.5 Å². The first kappa shape index (κ1) is 12.8. The van der Waals surface area contributed by atoms with Crippen LogP contribution in [0.4, 0.5) is 0 Å². The van der Waals surface area contributed by atoms with Crippen LogP contribution in [0.5, 0.6) is 5.88 Å². The van der Waals surface area contributed by atoms with Gasteiger partial charge in [-0.3, -0.25) is 5.41 Å². The molecule has 18 heavy (non-hydrogen) atoms. The zero-order valence-corrected chi connectivity index (χ0v) is 10.9. The quantitative estimate of drug-likeness (QED) is 0.632. The summed E-state index contributed by atoms with van der Waals surface area (Å²) >= 11 is 0. The van der Waals surface area contributed by atoms with E-state index < -0.39 is 0 Å². The molecule has 98 valence electrons. The Labute approximate surface area is 107 Å². The van der Waals surface area contributed by atoms with E-state index in [1.54, 1.807) is 6.07 Å². The van der Waals surface area contributed by atoms with Crippen LogP contribution in [0.1, 0.15) is 38.7 Å². The van der Waals surface area contributed by atoms with Crippen LogP contribution in [0.2, 0.25) is 0 Å². The van der Waals surface area contributed by atoms with E-state index in [1.165, 1.54) is 12.6 Å². The van der Waals surface area contributed by atoms with Gasteiger partial charge < -0.3 is 10.5 Å². The molecule has 3 N–H and O–H groups in total. The van der Waals surface area contributed by atoms with Crippen molar-refractivity contribution < 1.29 is 4.74 Å². The maximum absolute atomic E-state index is 7.50. The van der Waals surface area contributed by atoms with Crippen molar-refractivity contribution in [2.75, 3.05) is 0 Å². The largest absolute Gasteiger partial charge is 0.473 e. The highest BCUT2D eigenvalue weighted by Gasteiger charge is 2.26. The fourth-order valence-electron chi connectivity index (χ4n) is 2.37. The Bertz CT molecular complexity index is 435. The Hall–Kier alpha value is -1.65. The van der Waals surface area contributed by atoms with Gasteiger partial charge in [-0.25, -0.2) is 0 Å². The Morgan fingerprint density at radius 2 is 2.17 bits per heavy atom. The summed E-state index contributed by atoms with van der Waals surface area (Å²) in [6.45, 7) is 4.53. The fraction of sp³-hybridized carbons (Fsp3) is 0.615. The lowest BCUT2D eigenvalue weighted by Gasteiger charge is -2.32. The van der Waals surface area contributed by atoms with E-state index in [-0.39, 0.29) is 11.9 Å². The predicted octanol–water partition coefficient (Wildman–Crippen LogP) is 1.96. The van der Waals surface area contributed by atoms with Crippen molar-refractivity contribution in [2.24, 2.45) is 17.6 Å². The van der Waals surface area contributed by atoms with Gasteiger partial charge in [0.1, 0.15) is 11.9 Å². The average Bonchev–Trinajstić information content (AvgIpc) is 2.34. The first-order valence-corrected chi connectivity index (χ1v) is 6.40. The van der Waals surface area contributed by atoms with Crippen LogP contribution in [0.15, 0.2) is 12.3 Å². The van der Waals surface area contributed by atoms with Crippen LogP contribution >= 0.6 is 0 Å². The molecule has 1 aromatic rings. The molecule has 1 aliphatic carbocycles. The molecule has 0 amide bonds. The smallest absolute Gasteiger partial charge is 0.244 e. The minimum Gasteiger partial charge on any atom is -0.473 e. The van der Waals surface area contributed by atoms with E-state index in [9.17, 15) is 0 Å². The van der Waals surface area contributed by atoms with Crippen molar-refractivity contribution in [3.63, 3.8) is 0 Å². The van der Waals surface area contributed by atoms with Gasteiger partial charge in [0.25, 0.3) is 0 Å². The molecule has 5 nitrogen and oxygen atoms in total. The molecular weight excluding hydrogens is 228 g/mol. The number of hydrogen-bond donors (Lipinski definition) is 2. The van der Waals surface area contributed by atoms with Gasteiger partial charge in [-0.1, -0.05) is 13.8 Å². The van der Waals surface area contributed by atoms with E-state index in [1.807, 2.05) is 0 Å². The van der Waals surface area contributed by atoms with Gasteiger partial charge >= 0.3 is 0 Å². The van der Waals surface area contributed by atoms with Crippen LogP contribution in [0.3, 0.4) is 0 Å². The maximum atomic E-state index is 7.50. The summed E-state index contributed by atoms with van der Waals surface area (Å²) in [7, 11) is 0. The minimum atomic E-state index is -0.0304. The minimum absolute atomic E-state index is 0.0304. The normalized spacial score (nSPS) is 27.8. The molecule has 0 aliphatic heterocycles. The standard InChI is InChI=1S/C13H20N4O/c1-8-3-4-10(7-9(8)2)18-13-11(12(14)15)5-6-16-17-13/h5-6,8-10H,3-4,7H2,1-2H3,(H3,14,15). The molecule has 0 bridgehead atoms. The molecule has 0 radical (unpaired) electrons. The van der Waals surface area contributed by atoms with Crippen molar-refractivity contribution in [3.05, 3.63) is 17.8 Å². The zero-order chi connectivity index (χ0) is 13.1. The summed E-state index contributed by atoms with van der Waals surface area (Å²) < 4.78 is 5.87. The molecule has 1 aliphatic rings. The topological polar surface area (TPSA) is 84.9 Å². The lowest BCUT2D eigenvalue weighted by atomic mass is 9.80. The summed E-state index contributed by atoms with van der Waals surface area (Å²) in [4.78, 5) is 0. The van der Waals surface area contributed by atoms with Gasteiger partial charge in [0, 0.05) is 0 Å². The SMILES string of the molecule is CC1CCC(Oc2nnccc2C(=N)N)CC1C. The molecule has 5 heteroatoms. The third kappa shape index (κ3) is 2.78. The first-order chi connectivity index (χ1) is 8.58. The Morgan fingerprint density at radius 1 is 1.39 bits per heavy atom. The van der Waals surface area contributed by atoms with E-state index >= 15 is 0 Å². The van der Waals surface area contributed by atoms with Crippen molar-refractivity contribution in [1.29, 1.82) is 5.41 Å². The third-order valence-electron chi connectivity index (χ3n) is 3.81. The summed E-state index contributed by atoms with van der Waals surface area (Å²) in [5.41, 5.74) is 6.03. The summed E-state index contributed by atoms with van der Waals surface area (Å²) in [6.07, 6.45) is 4.90. The number of amidine groups is 1. The summed E-state index contributed by atoms with van der Waals surface area (Å²) in [5, 5.41) is 15.2. The van der Waals surface area contributed by atoms with Crippen LogP contribution in [0, 0.1) is 17.2 Å². The first-order valence-electron chi connectivity index (χ1n) is 6.40. The molecule has 3 atom stereocenters. The highest BCUT2D eigenvalue weighted by Crippen LogP contribution is 2.31. The molecule has 0 saturated heterocycles. The van der Waals surface area contributed by atoms with Crippen molar-refractivity contribution >= 4 is 5.84 Å². The highest BCUT2D eigenvalue weighted by atomic mass is 16.5. The number of aromatic nitrogens is 2. The number of nitrogen functional groups attached to an aromatic ring is 1. The molecule has 1 fully saturated rings. The van der Waals surface area contributed by atoms with Gasteiger partial charge in [-0.2, -0.15) is 5.10 Å². The molecule has 1 saturated carbocycles. The lowest BCUT2D eigenvalue weighted by Crippen LogP contribution is -2.30. The molecule has 3 unspecified atom stereocenters. The Balaban J connectivity index is 2.08. The Kier molecular flexibility index (Phi) is 3.79. The van der Waals surface area contributed by atoms with Gasteiger partial charge in [0.15, 0.2) is 0 Å². The molecular formula is C13H20N4O. The van der Waals surface area contributed by atoms with Gasteiger partial charge in [-0.15, -0.1) is 5.10 Å². The van der Waals surface area contributed by atoms with E-state index in [2.05, 4.69) is 24.0 Å². The van der Waals surface area contributed by atoms with Gasteiger partial charge in [0.05, 0.1) is 11.8 Å². The average molecular weight is 248 g/mol. The van der Waals surface area contributed by atoms with Crippen LogP contribution in [-0.4, -0.2) is 22.1 Å². The maximum Gasteiger partial charge on any atom is 0.244 e. The number of nitrogens with one attached hydrogen (secondary N) is 1. The molecule has 0 spiro atoms. The molecule has 0 aromatic carbocycles. The monoisotopic (exact) mass is 248 g/mol. The molecule has 1 aromatic heterocycles. The second-order valence-electron chi connectivity index (χ2n) is 5.17. The number of hydrogen-bond acceptors (Lipinski definition) is 4. The second kappa shape index (κ2) is 5.33. The Morgan fingerprint density at radius 3 is 2.83 bits per heavy atom. The van der Waals surface area contributed by atoms with Crippen LogP contribution in [0.25, 0.3) is 0 Å². The van der Waals surface area contributed by atoms with Gasteiger partial charge in [0.2, 0.25) is 5.88 Å². The number of nitrogens with zero attached hydrogens (tertiary/aromatic N) is 2. The van der Waals surface area contributed by atoms with Crippen molar-refractivity contribution in [3.8, 4) is 5.88 Å². The predicted molar refractivity (Wildman–Crippen MR) is 69.6 cm³/mol. The van der Waals surface area contributed by atoms with E-state index in [0.29, 0.717) is 17.4 Å². The van der Waals surface area contributed by atoms with Gasteiger partial charge in [-0.05, 0) is 37.2 Å². The van der Waals surface area contributed by atoms with E-state index in [4.69, 9.17) is 15.9 Å².